The number of fused-ring (bicyclic) bond motifs is 5. The average molecular weight is 1700 g/mol. The van der Waals surface area contributed by atoms with Crippen LogP contribution in [0.1, 0.15) is 164 Å². The summed E-state index contributed by atoms with van der Waals surface area (Å²) in [5.74, 6) is -2.44. The van der Waals surface area contributed by atoms with Crippen molar-refractivity contribution in [2.75, 3.05) is 93.0 Å². The third kappa shape index (κ3) is 18.7. The van der Waals surface area contributed by atoms with Gasteiger partial charge in [0.15, 0.2) is 17.5 Å². The van der Waals surface area contributed by atoms with Crippen molar-refractivity contribution in [2.45, 2.75) is 109 Å². The second-order valence-electron chi connectivity index (χ2n) is 32.3. The number of likely N-dealkylation sites (N-methyl/N-ethyl adjacent to an activating group) is 3. The molecule has 0 spiro atoms. The van der Waals surface area contributed by atoms with Gasteiger partial charge in [-0.3, -0.25) is 47.8 Å². The number of rotatable bonds is 23. The Bertz CT molecular complexity index is 5590. The minimum atomic E-state index is -3.01. The van der Waals surface area contributed by atoms with Gasteiger partial charge in [0, 0.05) is 67.4 Å². The first-order valence-corrected chi connectivity index (χ1v) is 39.3. The maximum Gasteiger partial charge on any atom is 0.333 e. The smallest absolute Gasteiger partial charge is 0.330 e. The molecule has 0 unspecified atom stereocenters. The topological polar surface area (TPSA) is 347 Å². The molecule has 32 nitrogen and oxygen atoms in total. The monoisotopic (exact) mass is 1700 g/mol. The van der Waals surface area contributed by atoms with Gasteiger partial charge >= 0.3 is 24.6 Å². The number of nitrogens with one attached hydrogen (secondary N) is 7. The van der Waals surface area contributed by atoms with Gasteiger partial charge in [0.05, 0.1) is 101 Å². The fourth-order valence-corrected chi connectivity index (χ4v) is 16.2. The number of amides is 13. The number of pyridine rings is 1. The Kier molecular flexibility index (Phi) is 27.0. The zero-order valence-corrected chi connectivity index (χ0v) is 72.0. The maximum atomic E-state index is 14.1. The number of carbonyl (C=O) groups excluding carboxylic acids is 10. The first-order chi connectivity index (χ1) is 57.9. The maximum absolute atomic E-state index is 14.1. The highest BCUT2D eigenvalue weighted by molar-refractivity contribution is 7.59. The van der Waals surface area contributed by atoms with Crippen LogP contribution in [0.3, 0.4) is 0 Å². The molecule has 5 aliphatic rings. The molecule has 13 amide bonds. The molecule has 0 radical (unpaired) electrons. The molecule has 5 aromatic carbocycles. The Morgan fingerprint density at radius 3 is 1.28 bits per heavy atom. The molecule has 4 aromatic heterocycles. The van der Waals surface area contributed by atoms with E-state index in [1.54, 1.807) is 64.3 Å². The van der Waals surface area contributed by atoms with Crippen molar-refractivity contribution in [3.8, 4) is 0 Å². The summed E-state index contributed by atoms with van der Waals surface area (Å²) in [6.45, 7) is 21.0. The van der Waals surface area contributed by atoms with E-state index >= 15 is 0 Å². The zero-order chi connectivity index (χ0) is 88.3. The Hall–Kier alpha value is -13.5. The summed E-state index contributed by atoms with van der Waals surface area (Å²) in [7, 11) is 15.2. The molecule has 9 heterocycles. The molecule has 0 aliphatic carbocycles. The third-order valence-electron chi connectivity index (χ3n) is 21.9. The van der Waals surface area contributed by atoms with Crippen molar-refractivity contribution in [2.24, 2.45) is 14.1 Å². The first-order valence-electron chi connectivity index (χ1n) is 39.3. The molecule has 0 saturated heterocycles. The number of benzene rings is 5. The summed E-state index contributed by atoms with van der Waals surface area (Å²) in [4.78, 5) is 147. The second kappa shape index (κ2) is 36.8. The second-order valence-corrected chi connectivity index (χ2v) is 32.3. The molecular formula is C88H102F2N22O10S. The van der Waals surface area contributed by atoms with Crippen molar-refractivity contribution in [3.63, 3.8) is 0 Å². The summed E-state index contributed by atoms with van der Waals surface area (Å²) < 4.78 is 32.2. The number of urea groups is 3. The first kappa shape index (κ1) is 90.3. The van der Waals surface area contributed by atoms with Gasteiger partial charge in [-0.2, -0.15) is 32.5 Å². The Morgan fingerprint density at radius 2 is 0.854 bits per heavy atom. The minimum absolute atomic E-state index is 0. The number of carbonyl (C=O) groups is 10. The molecule has 644 valence electrons. The van der Waals surface area contributed by atoms with Gasteiger partial charge in [0.2, 0.25) is 17.7 Å². The Balaban J connectivity index is 0.000000179. The van der Waals surface area contributed by atoms with Crippen LogP contribution in [0.25, 0.3) is 0 Å². The standard InChI is InChI=1S/C30H33N7O4.C30H35N7O3.C28H32F2N8O3.H2S/c1-7-24(38)31-19-13-14-20-21(15-19)28(40)37(27(20)39)26-22-16-36(30(2,3)25(22)35(6)33-26)29(41)32-23(17-34(4)5)18-11-9-8-10-12-18;1-7-25(38)31-21-13-14-22-20(15-21)16-36(28(22)39)27-23-17-37(30(2,3)26(23)35(6)33-27)29(40)32-24(18-34(4)5)19-11-9-8-10-12-19;1-6-22(39)32-18-12-13-20(31-14-18)25(40)34-24-19-15-37(28(2,3)23(19)38(35-24)26(29)30)27(41)33-21(16-36(4)5)17-10-8-7-9-11-17;/h7-15,23H,1,16-17H2,2-6H3,(H,31,38)(H,32,41);7-15,24H,1,16-18H2,2-6H3,(H,31,38)(H,32,40);6-14,21,26H,1,15-16H2,2-5H3,(H,32,39)(H,33,41)(H,34,35,40);1H2/t23-;24-;21-;/m111./s1. The fourth-order valence-electron chi connectivity index (χ4n) is 16.2. The highest BCUT2D eigenvalue weighted by Crippen LogP contribution is 2.48. The van der Waals surface area contributed by atoms with Gasteiger partial charge in [-0.05, 0) is 173 Å². The van der Waals surface area contributed by atoms with Gasteiger partial charge in [0.25, 0.3) is 23.6 Å². The molecule has 35 heteroatoms. The lowest BCUT2D eigenvalue weighted by Crippen LogP contribution is -2.49. The van der Waals surface area contributed by atoms with Crippen molar-refractivity contribution < 1.29 is 56.7 Å². The van der Waals surface area contributed by atoms with E-state index in [0.717, 1.165) is 56.3 Å². The summed E-state index contributed by atoms with van der Waals surface area (Å²) in [6, 6.07) is 40.1. The lowest BCUT2D eigenvalue weighted by molar-refractivity contribution is -0.112. The largest absolute Gasteiger partial charge is 0.333 e. The molecule has 0 fully saturated rings. The molecule has 5 aliphatic heterocycles. The summed E-state index contributed by atoms with van der Waals surface area (Å²) >= 11 is 0. The van der Waals surface area contributed by atoms with Crippen LogP contribution in [0.15, 0.2) is 184 Å². The van der Waals surface area contributed by atoms with Crippen LogP contribution in [0.4, 0.5) is 57.7 Å². The van der Waals surface area contributed by atoms with E-state index in [9.17, 15) is 56.7 Å². The van der Waals surface area contributed by atoms with Crippen molar-refractivity contribution >= 4 is 107 Å². The van der Waals surface area contributed by atoms with Crippen LogP contribution in [-0.4, -0.2) is 185 Å². The van der Waals surface area contributed by atoms with Crippen molar-refractivity contribution in [3.05, 3.63) is 262 Å². The van der Waals surface area contributed by atoms with Crippen LogP contribution in [0, 0.1) is 0 Å². The molecule has 14 rings (SSSR count). The van der Waals surface area contributed by atoms with Gasteiger partial charge in [0.1, 0.15) is 5.69 Å². The highest BCUT2D eigenvalue weighted by Gasteiger charge is 2.52. The molecule has 3 atom stereocenters. The molecule has 9 aromatic rings. The van der Waals surface area contributed by atoms with E-state index in [2.05, 4.69) is 77.0 Å². The number of aryl methyl sites for hydroxylation is 2. The van der Waals surface area contributed by atoms with E-state index in [1.165, 1.54) is 41.4 Å². The van der Waals surface area contributed by atoms with E-state index in [1.807, 2.05) is 183 Å². The van der Waals surface area contributed by atoms with Gasteiger partial charge in [-0.25, -0.2) is 28.9 Å². The number of hydrogen-bond donors (Lipinski definition) is 7. The lowest BCUT2D eigenvalue weighted by Gasteiger charge is -2.34. The third-order valence-corrected chi connectivity index (χ3v) is 21.9. The molecule has 123 heavy (non-hydrogen) atoms. The zero-order valence-electron chi connectivity index (χ0n) is 71.0. The van der Waals surface area contributed by atoms with E-state index in [-0.39, 0.29) is 103 Å². The predicted octanol–water partition coefficient (Wildman–Crippen LogP) is 11.4. The van der Waals surface area contributed by atoms with Crippen LogP contribution in [0.2, 0.25) is 0 Å². The van der Waals surface area contributed by atoms with Crippen molar-refractivity contribution in [1.82, 2.24) is 79.7 Å². The van der Waals surface area contributed by atoms with Crippen LogP contribution in [-0.2, 0) is 71.3 Å². The van der Waals surface area contributed by atoms with Gasteiger partial charge in [-0.1, -0.05) is 111 Å². The van der Waals surface area contributed by atoms with Crippen molar-refractivity contribution in [1.29, 1.82) is 0 Å². The summed E-state index contributed by atoms with van der Waals surface area (Å²) in [6.07, 6.45) is 4.70. The number of alkyl halides is 2. The van der Waals surface area contributed by atoms with E-state index < -0.39 is 58.7 Å². The predicted molar refractivity (Wildman–Crippen MR) is 468 cm³/mol. The molecule has 7 N–H and O–H groups in total. The molecular weight excluding hydrogens is 1600 g/mol. The van der Waals surface area contributed by atoms with E-state index in [0.29, 0.717) is 77.0 Å². The molecule has 0 saturated carbocycles. The normalized spacial score (nSPS) is 15.4. The van der Waals surface area contributed by atoms with Crippen LogP contribution < -0.4 is 47.0 Å². The minimum Gasteiger partial charge on any atom is -0.330 e. The quantitative estimate of drug-likeness (QED) is 0.0231. The van der Waals surface area contributed by atoms with Crippen LogP contribution in [0.5, 0.6) is 0 Å². The lowest BCUT2D eigenvalue weighted by atomic mass is 10.0. The van der Waals surface area contributed by atoms with Crippen LogP contribution >= 0.6 is 13.5 Å². The molecule has 0 bridgehead atoms. The number of hydrogen-bond acceptors (Lipinski definition) is 17. The summed E-state index contributed by atoms with van der Waals surface area (Å²) in [5.41, 5.74) is 6.89. The number of anilines is 6. The number of halogens is 2. The SMILES string of the molecule is C=CC(=O)Nc1ccc(C(=O)Nc2nn(C(F)F)c3c2CN(C(=O)N[C@H](CN(C)C)c2ccccc2)C3(C)C)nc1.C=CC(=O)Nc1ccc2c(c1)C(=O)N(c1nn(C)c3c1CN(C(=O)N[C@H](CN(C)C)c1ccccc1)C3(C)C)C2=O.C=CC(=O)Nc1ccc2c(c1)CN(c1nn(C)c3c1CN(C(=O)N[C@H](CN(C)C)c1ccccc1)C3(C)C)C2=O.S. The highest BCUT2D eigenvalue weighted by atomic mass is 32.1. The number of imide groups is 1. The number of nitrogens with zero attached hydrogens (tertiary/aromatic N) is 15. The van der Waals surface area contributed by atoms with Gasteiger partial charge in [-0.15, -0.1) is 5.10 Å². The average Bonchev–Trinajstić information content (AvgIpc) is 1.56. The van der Waals surface area contributed by atoms with Gasteiger partial charge < -0.3 is 66.6 Å². The summed E-state index contributed by atoms with van der Waals surface area (Å²) in [5, 5.41) is 33.2. The fraction of sp³-hybridized carbons (Fsp3) is 0.318. The number of aromatic nitrogens is 7. The Morgan fingerprint density at radius 1 is 0.463 bits per heavy atom. The van der Waals surface area contributed by atoms with E-state index in [4.69, 9.17) is 5.10 Å². The Labute approximate surface area is 718 Å².